The van der Waals surface area contributed by atoms with Crippen molar-refractivity contribution >= 4 is 29.5 Å². The normalized spacial score (nSPS) is 19.6. The van der Waals surface area contributed by atoms with Gasteiger partial charge >= 0.3 is 0 Å². The van der Waals surface area contributed by atoms with E-state index in [0.29, 0.717) is 18.7 Å². The van der Waals surface area contributed by atoms with Crippen molar-refractivity contribution in [2.24, 2.45) is 0 Å². The summed E-state index contributed by atoms with van der Waals surface area (Å²) in [5, 5.41) is 10.9. The zero-order valence-electron chi connectivity index (χ0n) is 24.1. The van der Waals surface area contributed by atoms with Crippen LogP contribution in [0.5, 0.6) is 5.75 Å². The molecule has 44 heavy (non-hydrogen) atoms. The van der Waals surface area contributed by atoms with Crippen molar-refractivity contribution in [2.75, 3.05) is 19.7 Å². The Morgan fingerprint density at radius 3 is 2.68 bits per heavy atom. The number of carbonyl (C=O) groups excluding carboxylic acids is 5. The van der Waals surface area contributed by atoms with Crippen LogP contribution in [-0.4, -0.2) is 76.2 Å². The number of hydrogen-bond acceptors (Lipinski definition) is 7. The molecule has 2 aromatic carbocycles. The number of nitrogens with one attached hydrogen (secondary N) is 5. The molecule has 0 unspecified atom stereocenters. The minimum Gasteiger partial charge on any atom is -0.491 e. The average Bonchev–Trinajstić information content (AvgIpc) is 3.68. The predicted octanol–water partition coefficient (Wildman–Crippen LogP) is 0.573. The van der Waals surface area contributed by atoms with Gasteiger partial charge in [-0.05, 0) is 29.7 Å². The Morgan fingerprint density at radius 1 is 1.05 bits per heavy atom. The Hall–Kier alpha value is -5.20. The van der Waals surface area contributed by atoms with Gasteiger partial charge in [0.05, 0.1) is 24.9 Å². The molecule has 3 heterocycles. The first-order valence-corrected chi connectivity index (χ1v) is 14.6. The summed E-state index contributed by atoms with van der Waals surface area (Å²) in [6, 6.07) is 11.9. The number of carbonyl (C=O) groups is 5. The molecule has 2 atom stereocenters. The predicted molar refractivity (Wildman–Crippen MR) is 158 cm³/mol. The number of aromatic nitrogens is 2. The molecule has 0 spiro atoms. The summed E-state index contributed by atoms with van der Waals surface area (Å²) in [7, 11) is 0. The first-order chi connectivity index (χ1) is 21.4. The van der Waals surface area contributed by atoms with E-state index in [9.17, 15) is 24.0 Å². The van der Waals surface area contributed by atoms with Crippen molar-refractivity contribution in [3.8, 4) is 5.75 Å². The smallest absolute Gasteiger partial charge is 0.255 e. The first-order valence-electron chi connectivity index (χ1n) is 14.6. The van der Waals surface area contributed by atoms with Crippen LogP contribution in [0.25, 0.3) is 0 Å². The molecule has 2 aliphatic heterocycles. The number of hydrogen-bond donors (Lipinski definition) is 5. The topological polar surface area (TPSA) is 175 Å². The summed E-state index contributed by atoms with van der Waals surface area (Å²) >= 11 is 0. The van der Waals surface area contributed by atoms with Gasteiger partial charge in [-0.3, -0.25) is 24.0 Å². The number of benzene rings is 2. The van der Waals surface area contributed by atoms with Crippen LogP contribution in [0.15, 0.2) is 61.1 Å². The molecule has 1 aromatic heterocycles. The maximum atomic E-state index is 13.4. The van der Waals surface area contributed by atoms with Crippen molar-refractivity contribution in [1.82, 2.24) is 36.1 Å². The van der Waals surface area contributed by atoms with Crippen molar-refractivity contribution < 1.29 is 28.7 Å². The third-order valence-corrected chi connectivity index (χ3v) is 7.44. The van der Waals surface area contributed by atoms with E-state index in [0.717, 1.165) is 24.1 Å². The molecular weight excluding hydrogens is 566 g/mol. The van der Waals surface area contributed by atoms with Crippen LogP contribution < -0.4 is 26.0 Å². The van der Waals surface area contributed by atoms with Crippen LogP contribution in [0.3, 0.4) is 0 Å². The van der Waals surface area contributed by atoms with Crippen LogP contribution in [0.1, 0.15) is 46.4 Å². The third kappa shape index (κ3) is 8.00. The average molecular weight is 602 g/mol. The van der Waals surface area contributed by atoms with Gasteiger partial charge in [0, 0.05) is 44.4 Å². The second-order valence-corrected chi connectivity index (χ2v) is 10.7. The van der Waals surface area contributed by atoms with Crippen LogP contribution in [0.4, 0.5) is 0 Å². The van der Waals surface area contributed by atoms with Crippen LogP contribution in [0, 0.1) is 0 Å². The lowest BCUT2D eigenvalue weighted by Gasteiger charge is -2.23. The molecule has 0 bridgehead atoms. The van der Waals surface area contributed by atoms with Crippen molar-refractivity contribution in [2.45, 2.75) is 50.9 Å². The van der Waals surface area contributed by atoms with Gasteiger partial charge < -0.3 is 35.9 Å². The van der Waals surface area contributed by atoms with Gasteiger partial charge in [0.25, 0.3) is 5.91 Å². The number of imidazole rings is 1. The van der Waals surface area contributed by atoms with Crippen LogP contribution in [-0.2, 0) is 38.7 Å². The SMILES string of the molecule is O=C1C[C@@H](C(=O)NCc2cccc(CN3CCCC3=O)c2)NC(=O)c2ccccc2OCCNC(=O)[C@H](Cc2cnc[nH]2)N1. The Bertz CT molecular complexity index is 1510. The van der Waals surface area contributed by atoms with E-state index >= 15 is 0 Å². The minimum absolute atomic E-state index is 0.0790. The summed E-state index contributed by atoms with van der Waals surface area (Å²) in [6.45, 7) is 1.58. The molecule has 0 saturated carbocycles. The lowest BCUT2D eigenvalue weighted by atomic mass is 10.1. The van der Waals surface area contributed by atoms with Gasteiger partial charge in [-0.15, -0.1) is 0 Å². The van der Waals surface area contributed by atoms with E-state index < -0.39 is 42.1 Å². The van der Waals surface area contributed by atoms with Gasteiger partial charge in [0.2, 0.25) is 23.6 Å². The van der Waals surface area contributed by atoms with E-state index in [2.05, 4.69) is 31.2 Å². The quantitative estimate of drug-likeness (QED) is 0.263. The zero-order valence-corrected chi connectivity index (χ0v) is 24.1. The number of fused-ring (bicyclic) bond motifs is 1. The zero-order chi connectivity index (χ0) is 30.9. The van der Waals surface area contributed by atoms with E-state index in [1.54, 1.807) is 30.5 Å². The lowest BCUT2D eigenvalue weighted by molar-refractivity contribution is -0.131. The number of H-pyrrole nitrogens is 1. The van der Waals surface area contributed by atoms with Crippen LogP contribution >= 0.6 is 0 Å². The largest absolute Gasteiger partial charge is 0.491 e. The number of para-hydroxylation sites is 1. The van der Waals surface area contributed by atoms with Gasteiger partial charge in [-0.25, -0.2) is 4.98 Å². The molecule has 13 nitrogen and oxygen atoms in total. The molecular formula is C31H35N7O6. The molecule has 1 saturated heterocycles. The molecule has 5 rings (SSSR count). The van der Waals surface area contributed by atoms with E-state index in [1.807, 2.05) is 29.2 Å². The Kier molecular flexibility index (Phi) is 9.85. The highest BCUT2D eigenvalue weighted by Gasteiger charge is 2.29. The van der Waals surface area contributed by atoms with E-state index in [1.165, 1.54) is 6.33 Å². The Balaban J connectivity index is 1.32. The van der Waals surface area contributed by atoms with Gasteiger partial charge in [0.1, 0.15) is 24.4 Å². The molecule has 0 aliphatic carbocycles. The number of ether oxygens (including phenoxy) is 1. The molecule has 2 aliphatic rings. The van der Waals surface area contributed by atoms with Gasteiger partial charge in [0.15, 0.2) is 0 Å². The van der Waals surface area contributed by atoms with Gasteiger partial charge in [-0.2, -0.15) is 0 Å². The van der Waals surface area contributed by atoms with Crippen molar-refractivity contribution in [3.63, 3.8) is 0 Å². The second kappa shape index (κ2) is 14.3. The molecule has 1 fully saturated rings. The highest BCUT2D eigenvalue weighted by Crippen LogP contribution is 2.19. The second-order valence-electron chi connectivity index (χ2n) is 10.7. The number of likely N-dealkylation sites (tertiary alicyclic amines) is 1. The number of amides is 5. The fourth-order valence-corrected chi connectivity index (χ4v) is 5.19. The molecule has 5 N–H and O–H groups in total. The van der Waals surface area contributed by atoms with E-state index in [-0.39, 0.29) is 43.3 Å². The van der Waals surface area contributed by atoms with Crippen molar-refractivity contribution in [3.05, 3.63) is 83.4 Å². The van der Waals surface area contributed by atoms with E-state index in [4.69, 9.17) is 4.74 Å². The Labute approximate surface area is 254 Å². The molecule has 0 radical (unpaired) electrons. The van der Waals surface area contributed by atoms with Crippen molar-refractivity contribution in [1.29, 1.82) is 0 Å². The summed E-state index contributed by atoms with van der Waals surface area (Å²) in [6.07, 6.45) is 4.16. The monoisotopic (exact) mass is 601 g/mol. The summed E-state index contributed by atoms with van der Waals surface area (Å²) < 4.78 is 5.78. The molecule has 230 valence electrons. The Morgan fingerprint density at radius 2 is 1.89 bits per heavy atom. The number of rotatable bonds is 7. The molecule has 5 amide bonds. The summed E-state index contributed by atoms with van der Waals surface area (Å²) in [4.78, 5) is 73.7. The van der Waals surface area contributed by atoms with Gasteiger partial charge in [-0.1, -0.05) is 36.4 Å². The highest BCUT2D eigenvalue weighted by molar-refractivity contribution is 6.01. The molecule has 13 heteroatoms. The fraction of sp³-hybridized carbons (Fsp3) is 0.355. The number of nitrogens with zero attached hydrogens (tertiary/aromatic N) is 2. The lowest BCUT2D eigenvalue weighted by Crippen LogP contribution is -2.53. The first kappa shape index (κ1) is 30.3. The maximum Gasteiger partial charge on any atom is 0.255 e. The number of aromatic amines is 1. The summed E-state index contributed by atoms with van der Waals surface area (Å²) in [5.74, 6) is -1.77. The minimum atomic E-state index is -1.25. The van der Waals surface area contributed by atoms with Crippen LogP contribution in [0.2, 0.25) is 0 Å². The molecule has 3 aromatic rings. The highest BCUT2D eigenvalue weighted by atomic mass is 16.5. The fourth-order valence-electron chi connectivity index (χ4n) is 5.19. The maximum absolute atomic E-state index is 13.4. The third-order valence-electron chi connectivity index (χ3n) is 7.44. The summed E-state index contributed by atoms with van der Waals surface area (Å²) in [5.41, 5.74) is 2.57. The standard InChI is InChI=1S/C31H35N7O6/c39-27-15-25(31(43)34-16-20-5-3-6-21(13-20)18-38-11-4-9-28(38)40)37-29(41)23-7-1-2-8-26(23)44-12-10-33-30(42)24(36-27)14-22-17-32-19-35-22/h1-3,5-8,13,17,19,24-25H,4,9-12,14-16,18H2,(H,32,35)(H,33,42)(H,34,43)(H,36,39)(H,37,41)/t24-,25-/m0/s1.